The largest absolute Gasteiger partial charge is 0.429 e. The van der Waals surface area contributed by atoms with E-state index in [1.165, 1.54) is 0 Å². The molecule has 0 bridgehead atoms. The van der Waals surface area contributed by atoms with Crippen molar-refractivity contribution in [2.24, 2.45) is 5.73 Å². The maximum Gasteiger partial charge on any atom is 0.429 e. The standard InChI is InChI=1S/C5H3F6NO2/c6-4(7,8)1-3(14-1,2(12)13)5(9,10)11/h1H,(H2,12,13). The van der Waals surface area contributed by atoms with Crippen molar-refractivity contribution in [3.8, 4) is 0 Å². The third kappa shape index (κ3) is 1.31. The van der Waals surface area contributed by atoms with Gasteiger partial charge in [-0.25, -0.2) is 0 Å². The summed E-state index contributed by atoms with van der Waals surface area (Å²) in [5.41, 5.74) is 0.324. The lowest BCUT2D eigenvalue weighted by Crippen LogP contribution is -2.49. The molecule has 0 aromatic rings. The molecular formula is C5H3F6NO2. The summed E-state index contributed by atoms with van der Waals surface area (Å²) in [6.45, 7) is 0. The number of rotatable bonds is 1. The number of carbonyl (C=O) groups is 1. The molecule has 2 N–H and O–H groups in total. The zero-order valence-electron chi connectivity index (χ0n) is 6.24. The third-order valence-corrected chi connectivity index (χ3v) is 1.70. The van der Waals surface area contributed by atoms with E-state index in [-0.39, 0.29) is 0 Å². The Hall–Kier alpha value is -0.990. The first-order chi connectivity index (χ1) is 6.03. The van der Waals surface area contributed by atoms with Crippen molar-refractivity contribution in [3.63, 3.8) is 0 Å². The van der Waals surface area contributed by atoms with Crippen molar-refractivity contribution in [3.05, 3.63) is 0 Å². The van der Waals surface area contributed by atoms with Crippen molar-refractivity contribution in [2.45, 2.75) is 24.1 Å². The minimum atomic E-state index is -5.46. The van der Waals surface area contributed by atoms with Gasteiger partial charge >= 0.3 is 12.4 Å². The maximum absolute atomic E-state index is 12.0. The SMILES string of the molecule is NC(=O)C1(C(F)(F)F)OC1C(F)(F)F. The van der Waals surface area contributed by atoms with Crippen LogP contribution in [0.5, 0.6) is 0 Å². The Balaban J connectivity index is 3.00. The Morgan fingerprint density at radius 2 is 1.64 bits per heavy atom. The van der Waals surface area contributed by atoms with Gasteiger partial charge in [0.1, 0.15) is 0 Å². The van der Waals surface area contributed by atoms with Gasteiger partial charge in [-0.15, -0.1) is 0 Å². The number of nitrogens with two attached hydrogens (primary N) is 1. The highest BCUT2D eigenvalue weighted by atomic mass is 19.4. The predicted octanol–water partition coefficient (Wildman–Crippen LogP) is 0.734. The molecule has 1 aliphatic heterocycles. The van der Waals surface area contributed by atoms with Crippen LogP contribution >= 0.6 is 0 Å². The van der Waals surface area contributed by atoms with Gasteiger partial charge in [0.15, 0.2) is 0 Å². The Labute approximate surface area is 72.8 Å². The van der Waals surface area contributed by atoms with Crippen LogP contribution in [0, 0.1) is 0 Å². The Morgan fingerprint density at radius 1 is 1.21 bits per heavy atom. The van der Waals surface area contributed by atoms with Crippen LogP contribution in [-0.4, -0.2) is 30.0 Å². The molecule has 1 saturated heterocycles. The number of hydrogen-bond donors (Lipinski definition) is 1. The number of hydrogen-bond acceptors (Lipinski definition) is 2. The van der Waals surface area contributed by atoms with Gasteiger partial charge in [-0.3, -0.25) is 4.79 Å². The molecule has 3 nitrogen and oxygen atoms in total. The fourth-order valence-electron chi connectivity index (χ4n) is 0.992. The average molecular weight is 223 g/mol. The zero-order valence-corrected chi connectivity index (χ0v) is 6.24. The van der Waals surface area contributed by atoms with Crippen LogP contribution in [0.1, 0.15) is 0 Å². The molecule has 1 amide bonds. The quantitative estimate of drug-likeness (QED) is 0.526. The summed E-state index contributed by atoms with van der Waals surface area (Å²) in [5, 5.41) is 0. The van der Waals surface area contributed by atoms with Gasteiger partial charge in [0.2, 0.25) is 6.10 Å². The molecular weight excluding hydrogens is 220 g/mol. The molecule has 1 aliphatic rings. The molecule has 0 aliphatic carbocycles. The Kier molecular flexibility index (Phi) is 2.00. The minimum Gasteiger partial charge on any atom is -0.367 e. The van der Waals surface area contributed by atoms with E-state index in [4.69, 9.17) is 0 Å². The smallest absolute Gasteiger partial charge is 0.367 e. The number of carbonyl (C=O) groups excluding carboxylic acids is 1. The van der Waals surface area contributed by atoms with Crippen molar-refractivity contribution >= 4 is 5.91 Å². The predicted molar refractivity (Wildman–Crippen MR) is 28.9 cm³/mol. The highest BCUT2D eigenvalue weighted by molar-refractivity contribution is 5.88. The summed E-state index contributed by atoms with van der Waals surface area (Å²) in [6.07, 6.45) is -13.9. The average Bonchev–Trinajstić information content (AvgIpc) is 2.55. The third-order valence-electron chi connectivity index (χ3n) is 1.70. The van der Waals surface area contributed by atoms with Crippen LogP contribution in [0.25, 0.3) is 0 Å². The van der Waals surface area contributed by atoms with Crippen molar-refractivity contribution < 1.29 is 35.9 Å². The zero-order chi connectivity index (χ0) is 11.4. The fourth-order valence-corrected chi connectivity index (χ4v) is 0.992. The number of primary amides is 1. The van der Waals surface area contributed by atoms with Crippen LogP contribution in [0.2, 0.25) is 0 Å². The second kappa shape index (κ2) is 2.53. The number of ether oxygens (including phenoxy) is 1. The molecule has 2 unspecified atom stereocenters. The highest BCUT2D eigenvalue weighted by Crippen LogP contribution is 2.55. The molecule has 1 fully saturated rings. The summed E-state index contributed by atoms with van der Waals surface area (Å²) < 4.78 is 74.8. The van der Waals surface area contributed by atoms with E-state index in [1.807, 2.05) is 0 Å². The number of alkyl halides is 6. The fraction of sp³-hybridized carbons (Fsp3) is 0.800. The first-order valence-corrected chi connectivity index (χ1v) is 3.14. The lowest BCUT2D eigenvalue weighted by molar-refractivity contribution is -0.193. The summed E-state index contributed by atoms with van der Waals surface area (Å²) >= 11 is 0. The highest BCUT2D eigenvalue weighted by Gasteiger charge is 2.85. The van der Waals surface area contributed by atoms with Crippen LogP contribution < -0.4 is 5.73 Å². The van der Waals surface area contributed by atoms with Crippen LogP contribution in [0.3, 0.4) is 0 Å². The van der Waals surface area contributed by atoms with Gasteiger partial charge in [0.25, 0.3) is 11.5 Å². The molecule has 0 radical (unpaired) electrons. The van der Waals surface area contributed by atoms with E-state index in [0.29, 0.717) is 0 Å². The number of epoxide rings is 1. The van der Waals surface area contributed by atoms with Crippen molar-refractivity contribution in [1.29, 1.82) is 0 Å². The number of amides is 1. The molecule has 9 heteroatoms. The van der Waals surface area contributed by atoms with Gasteiger partial charge in [-0.2, -0.15) is 26.3 Å². The number of halogens is 6. The van der Waals surface area contributed by atoms with Crippen LogP contribution in [0.4, 0.5) is 26.3 Å². The van der Waals surface area contributed by atoms with Crippen molar-refractivity contribution in [2.75, 3.05) is 0 Å². The second-order valence-electron chi connectivity index (χ2n) is 2.64. The van der Waals surface area contributed by atoms with Gasteiger partial charge in [-0.1, -0.05) is 0 Å². The lowest BCUT2D eigenvalue weighted by atomic mass is 10.0. The molecule has 1 heterocycles. The summed E-state index contributed by atoms with van der Waals surface area (Å²) in [5.74, 6) is -2.19. The Bertz CT molecular complexity index is 270. The summed E-state index contributed by atoms with van der Waals surface area (Å²) in [7, 11) is 0. The molecule has 0 aromatic carbocycles. The molecule has 2 atom stereocenters. The van der Waals surface area contributed by atoms with Gasteiger partial charge in [0, 0.05) is 0 Å². The van der Waals surface area contributed by atoms with Crippen LogP contribution in [-0.2, 0) is 9.53 Å². The first-order valence-electron chi connectivity index (χ1n) is 3.14. The normalized spacial score (nSPS) is 32.9. The minimum absolute atomic E-state index is 2.19. The summed E-state index contributed by atoms with van der Waals surface area (Å²) in [6, 6.07) is 0. The van der Waals surface area contributed by atoms with E-state index < -0.39 is 30.0 Å². The van der Waals surface area contributed by atoms with Crippen LogP contribution in [0.15, 0.2) is 0 Å². The monoisotopic (exact) mass is 223 g/mol. The van der Waals surface area contributed by atoms with E-state index in [9.17, 15) is 31.1 Å². The molecule has 0 spiro atoms. The Morgan fingerprint density at radius 3 is 1.71 bits per heavy atom. The molecule has 0 aromatic heterocycles. The molecule has 1 rings (SSSR count). The molecule has 0 saturated carbocycles. The van der Waals surface area contributed by atoms with E-state index in [2.05, 4.69) is 10.5 Å². The summed E-state index contributed by atoms with van der Waals surface area (Å²) in [4.78, 5) is 10.3. The molecule has 82 valence electrons. The van der Waals surface area contributed by atoms with E-state index in [1.54, 1.807) is 0 Å². The second-order valence-corrected chi connectivity index (χ2v) is 2.64. The topological polar surface area (TPSA) is 55.6 Å². The van der Waals surface area contributed by atoms with Gasteiger partial charge < -0.3 is 10.5 Å². The van der Waals surface area contributed by atoms with E-state index in [0.717, 1.165) is 0 Å². The van der Waals surface area contributed by atoms with Crippen molar-refractivity contribution in [1.82, 2.24) is 0 Å². The molecule has 14 heavy (non-hydrogen) atoms. The lowest BCUT2D eigenvalue weighted by Gasteiger charge is -2.13. The van der Waals surface area contributed by atoms with E-state index >= 15 is 0 Å². The maximum atomic E-state index is 12.0. The first kappa shape index (κ1) is 11.1. The van der Waals surface area contributed by atoms with Gasteiger partial charge in [0.05, 0.1) is 0 Å². The van der Waals surface area contributed by atoms with Gasteiger partial charge in [-0.05, 0) is 0 Å².